The Bertz CT molecular complexity index is 166. The van der Waals surface area contributed by atoms with Gasteiger partial charge < -0.3 is 5.32 Å². The van der Waals surface area contributed by atoms with Crippen molar-refractivity contribution in [2.24, 2.45) is 5.92 Å². The predicted octanol–water partition coefficient (Wildman–Crippen LogP) is 2.57. The van der Waals surface area contributed by atoms with Crippen LogP contribution in [0.2, 0.25) is 0 Å². The molecule has 1 N–H and O–H groups in total. The summed E-state index contributed by atoms with van der Waals surface area (Å²) in [6, 6.07) is 0.765. The fourth-order valence-corrected chi connectivity index (χ4v) is 2.31. The van der Waals surface area contributed by atoms with Gasteiger partial charge in [-0.05, 0) is 31.7 Å². The lowest BCUT2D eigenvalue weighted by atomic mass is 9.83. The lowest BCUT2D eigenvalue weighted by molar-refractivity contribution is 0.278. The Kier molecular flexibility index (Phi) is 4.93. The molecule has 1 fully saturated rings. The van der Waals surface area contributed by atoms with Crippen LogP contribution in [0.5, 0.6) is 0 Å². The summed E-state index contributed by atoms with van der Waals surface area (Å²) >= 11 is 0. The van der Waals surface area contributed by atoms with Crippen LogP contribution in [-0.4, -0.2) is 12.6 Å². The minimum atomic E-state index is 0.765. The molecule has 0 aliphatic heterocycles. The molecule has 1 rings (SSSR count). The van der Waals surface area contributed by atoms with Crippen molar-refractivity contribution in [1.82, 2.24) is 5.32 Å². The quantitative estimate of drug-likeness (QED) is 0.654. The molecule has 2 atom stereocenters. The third-order valence-corrected chi connectivity index (χ3v) is 2.97. The van der Waals surface area contributed by atoms with E-state index in [4.69, 9.17) is 6.42 Å². The molecule has 0 radical (unpaired) electrons. The van der Waals surface area contributed by atoms with Crippen molar-refractivity contribution in [3.8, 4) is 12.3 Å². The largest absolute Gasteiger partial charge is 0.314 e. The molecule has 1 aliphatic rings. The molecule has 0 spiro atoms. The second-order valence-corrected chi connectivity index (χ2v) is 4.03. The van der Waals surface area contributed by atoms with Crippen molar-refractivity contribution < 1.29 is 0 Å². The highest BCUT2D eigenvalue weighted by atomic mass is 14.9. The normalized spacial score (nSPS) is 28.3. The number of rotatable bonds is 4. The summed E-state index contributed by atoms with van der Waals surface area (Å²) in [4.78, 5) is 0. The van der Waals surface area contributed by atoms with Crippen LogP contribution in [0.15, 0.2) is 0 Å². The molecule has 0 amide bonds. The summed E-state index contributed by atoms with van der Waals surface area (Å²) in [6.45, 7) is 3.29. The predicted molar refractivity (Wildman–Crippen MR) is 57.5 cm³/mol. The Hall–Kier alpha value is -0.480. The maximum atomic E-state index is 5.27. The number of terminal acetylenes is 1. The number of nitrogens with one attached hydrogen (secondary N) is 1. The van der Waals surface area contributed by atoms with E-state index in [-0.39, 0.29) is 0 Å². The zero-order valence-electron chi connectivity index (χ0n) is 8.68. The van der Waals surface area contributed by atoms with Crippen LogP contribution in [0.25, 0.3) is 0 Å². The van der Waals surface area contributed by atoms with E-state index in [1.807, 2.05) is 0 Å². The van der Waals surface area contributed by atoms with Gasteiger partial charge in [-0.3, -0.25) is 0 Å². The van der Waals surface area contributed by atoms with E-state index in [2.05, 4.69) is 18.2 Å². The first-order valence-corrected chi connectivity index (χ1v) is 5.53. The number of hydrogen-bond donors (Lipinski definition) is 1. The molecule has 1 saturated carbocycles. The average Bonchev–Trinajstić information content (AvgIpc) is 2.16. The smallest absolute Gasteiger partial charge is 0.00887 e. The summed E-state index contributed by atoms with van der Waals surface area (Å²) in [7, 11) is 0. The highest BCUT2D eigenvalue weighted by Gasteiger charge is 2.20. The van der Waals surface area contributed by atoms with Crippen LogP contribution in [0, 0.1) is 18.3 Å². The lowest BCUT2D eigenvalue weighted by Crippen LogP contribution is -2.33. The Balaban J connectivity index is 2.21. The zero-order chi connectivity index (χ0) is 9.52. The first-order valence-electron chi connectivity index (χ1n) is 5.53. The highest BCUT2D eigenvalue weighted by Crippen LogP contribution is 2.27. The Morgan fingerprint density at radius 3 is 3.00 bits per heavy atom. The Morgan fingerprint density at radius 2 is 2.31 bits per heavy atom. The van der Waals surface area contributed by atoms with Gasteiger partial charge in [0.15, 0.2) is 0 Å². The molecule has 1 heteroatoms. The zero-order valence-corrected chi connectivity index (χ0v) is 8.68. The molecule has 0 aromatic heterocycles. The molecule has 0 bridgehead atoms. The molecule has 0 heterocycles. The standard InChI is InChI=1S/C12H21N/c1-3-5-7-11-8-6-9-12(10-11)13-4-2/h1,11-13H,4-10H2,2H3. The van der Waals surface area contributed by atoms with Crippen molar-refractivity contribution in [3.05, 3.63) is 0 Å². The van der Waals surface area contributed by atoms with Gasteiger partial charge in [-0.1, -0.05) is 19.8 Å². The van der Waals surface area contributed by atoms with Gasteiger partial charge in [-0.2, -0.15) is 0 Å². The maximum absolute atomic E-state index is 5.27. The Morgan fingerprint density at radius 1 is 1.46 bits per heavy atom. The van der Waals surface area contributed by atoms with Gasteiger partial charge in [0.1, 0.15) is 0 Å². The summed E-state index contributed by atoms with van der Waals surface area (Å²) < 4.78 is 0. The molecule has 2 unspecified atom stereocenters. The van der Waals surface area contributed by atoms with Gasteiger partial charge in [0.05, 0.1) is 0 Å². The van der Waals surface area contributed by atoms with Crippen molar-refractivity contribution >= 4 is 0 Å². The van der Waals surface area contributed by atoms with Gasteiger partial charge in [0, 0.05) is 12.5 Å². The van der Waals surface area contributed by atoms with Gasteiger partial charge in [0.25, 0.3) is 0 Å². The van der Waals surface area contributed by atoms with Crippen LogP contribution in [0.3, 0.4) is 0 Å². The monoisotopic (exact) mass is 179 g/mol. The van der Waals surface area contributed by atoms with E-state index in [1.165, 1.54) is 32.1 Å². The van der Waals surface area contributed by atoms with E-state index in [0.29, 0.717) is 0 Å². The summed E-state index contributed by atoms with van der Waals surface area (Å²) in [5, 5.41) is 3.54. The van der Waals surface area contributed by atoms with E-state index in [9.17, 15) is 0 Å². The van der Waals surface area contributed by atoms with Gasteiger partial charge in [0.2, 0.25) is 0 Å². The van der Waals surface area contributed by atoms with Crippen LogP contribution in [0.1, 0.15) is 45.4 Å². The van der Waals surface area contributed by atoms with E-state index in [0.717, 1.165) is 24.9 Å². The van der Waals surface area contributed by atoms with Gasteiger partial charge >= 0.3 is 0 Å². The van der Waals surface area contributed by atoms with Crippen LogP contribution < -0.4 is 5.32 Å². The highest BCUT2D eigenvalue weighted by molar-refractivity contribution is 4.86. The molecule has 1 nitrogen and oxygen atoms in total. The SMILES string of the molecule is C#CCCC1CCCC(NCC)C1. The van der Waals surface area contributed by atoms with E-state index >= 15 is 0 Å². The van der Waals surface area contributed by atoms with Crippen LogP contribution in [0.4, 0.5) is 0 Å². The minimum absolute atomic E-state index is 0.765. The molecule has 0 saturated heterocycles. The first kappa shape index (κ1) is 10.6. The average molecular weight is 179 g/mol. The van der Waals surface area contributed by atoms with Crippen LogP contribution >= 0.6 is 0 Å². The third-order valence-electron chi connectivity index (χ3n) is 2.97. The van der Waals surface area contributed by atoms with E-state index < -0.39 is 0 Å². The fraction of sp³-hybridized carbons (Fsp3) is 0.833. The Labute approximate surface area is 82.3 Å². The van der Waals surface area contributed by atoms with Gasteiger partial charge in [-0.15, -0.1) is 12.3 Å². The topological polar surface area (TPSA) is 12.0 Å². The minimum Gasteiger partial charge on any atom is -0.314 e. The molecule has 0 aromatic carbocycles. The maximum Gasteiger partial charge on any atom is 0.00887 e. The van der Waals surface area contributed by atoms with E-state index in [1.54, 1.807) is 0 Å². The van der Waals surface area contributed by atoms with Crippen molar-refractivity contribution in [3.63, 3.8) is 0 Å². The van der Waals surface area contributed by atoms with Crippen molar-refractivity contribution in [2.75, 3.05) is 6.54 Å². The second-order valence-electron chi connectivity index (χ2n) is 4.03. The lowest BCUT2D eigenvalue weighted by Gasteiger charge is -2.29. The molecular weight excluding hydrogens is 158 g/mol. The summed E-state index contributed by atoms with van der Waals surface area (Å²) in [5.74, 6) is 3.62. The second kappa shape index (κ2) is 6.05. The molecule has 74 valence electrons. The molecule has 1 aliphatic carbocycles. The fourth-order valence-electron chi connectivity index (χ4n) is 2.31. The molecule has 0 aromatic rings. The van der Waals surface area contributed by atoms with Crippen molar-refractivity contribution in [1.29, 1.82) is 0 Å². The van der Waals surface area contributed by atoms with Gasteiger partial charge in [-0.25, -0.2) is 0 Å². The molecular formula is C12H21N. The summed E-state index contributed by atoms with van der Waals surface area (Å²) in [5.41, 5.74) is 0. The number of hydrogen-bond acceptors (Lipinski definition) is 1. The van der Waals surface area contributed by atoms with Crippen molar-refractivity contribution in [2.45, 2.75) is 51.5 Å². The first-order chi connectivity index (χ1) is 6.36. The summed E-state index contributed by atoms with van der Waals surface area (Å²) in [6.07, 6.45) is 12.9. The van der Waals surface area contributed by atoms with Crippen LogP contribution in [-0.2, 0) is 0 Å². The third kappa shape index (κ3) is 3.83. The molecule has 13 heavy (non-hydrogen) atoms.